The molecular weight excluding hydrogens is 222 g/mol. The molecule has 0 amide bonds. The van der Waals surface area contributed by atoms with Crippen LogP contribution in [-0.2, 0) is 6.42 Å². The van der Waals surface area contributed by atoms with E-state index >= 15 is 0 Å². The lowest BCUT2D eigenvalue weighted by atomic mass is 10.1. The average molecular weight is 239 g/mol. The fraction of sp³-hybridized carbons (Fsp3) is 0.333. The lowest BCUT2D eigenvalue weighted by Crippen LogP contribution is -1.91. The maximum atomic E-state index is 8.59. The van der Waals surface area contributed by atoms with E-state index in [1.807, 2.05) is 12.1 Å². The van der Waals surface area contributed by atoms with Gasteiger partial charge in [0.15, 0.2) is 0 Å². The third-order valence-electron chi connectivity index (χ3n) is 2.65. The number of hydrogen-bond acceptors (Lipinski definition) is 3. The van der Waals surface area contributed by atoms with Crippen LogP contribution in [0.15, 0.2) is 36.0 Å². The highest BCUT2D eigenvalue weighted by Gasteiger charge is 1.95. The zero-order valence-electron chi connectivity index (χ0n) is 10.6. The van der Waals surface area contributed by atoms with Gasteiger partial charge in [-0.05, 0) is 30.5 Å². The molecule has 3 heteroatoms. The molecule has 3 nitrogen and oxygen atoms in total. The molecule has 0 aliphatic rings. The van der Waals surface area contributed by atoms with Gasteiger partial charge in [-0.2, -0.15) is 10.5 Å². The van der Waals surface area contributed by atoms with Crippen LogP contribution in [0.1, 0.15) is 31.7 Å². The Balaban J connectivity index is 2.53. The molecule has 1 rings (SSSR count). The van der Waals surface area contributed by atoms with Gasteiger partial charge in [-0.15, -0.1) is 0 Å². The summed E-state index contributed by atoms with van der Waals surface area (Å²) in [7, 11) is 0. The molecule has 0 aliphatic carbocycles. The van der Waals surface area contributed by atoms with Gasteiger partial charge >= 0.3 is 0 Å². The molecule has 0 bridgehead atoms. The third-order valence-corrected chi connectivity index (χ3v) is 2.65. The molecule has 0 saturated carbocycles. The van der Waals surface area contributed by atoms with Crippen molar-refractivity contribution in [2.24, 2.45) is 0 Å². The van der Waals surface area contributed by atoms with E-state index in [0.29, 0.717) is 0 Å². The molecule has 0 aliphatic heterocycles. The summed E-state index contributed by atoms with van der Waals surface area (Å²) in [4.78, 5) is 0. The Labute approximate surface area is 108 Å². The fourth-order valence-corrected chi connectivity index (χ4v) is 1.59. The zero-order chi connectivity index (χ0) is 13.2. The number of allylic oxidation sites excluding steroid dienone is 1. The van der Waals surface area contributed by atoms with Crippen molar-refractivity contribution in [2.45, 2.75) is 32.6 Å². The van der Waals surface area contributed by atoms with Crippen LogP contribution < -0.4 is 5.32 Å². The number of hydrogen-bond donors (Lipinski definition) is 1. The van der Waals surface area contributed by atoms with Crippen molar-refractivity contribution in [1.82, 2.24) is 0 Å². The number of rotatable bonds is 6. The summed E-state index contributed by atoms with van der Waals surface area (Å²) in [6.07, 6.45) is 6.24. The van der Waals surface area contributed by atoms with Crippen LogP contribution in [0.2, 0.25) is 0 Å². The SMILES string of the molecule is CCCCCc1ccc(NC=C(C#N)C#N)cc1. The molecule has 0 heterocycles. The molecule has 0 fully saturated rings. The minimum atomic E-state index is 0.0713. The van der Waals surface area contributed by atoms with Gasteiger partial charge in [0.25, 0.3) is 0 Å². The fourth-order valence-electron chi connectivity index (χ4n) is 1.59. The standard InChI is InChI=1S/C15H17N3/c1-2-3-4-5-13-6-8-15(9-7-13)18-12-14(10-16)11-17/h6-9,12,18H,2-5H2,1H3. The van der Waals surface area contributed by atoms with Gasteiger partial charge < -0.3 is 5.32 Å². The summed E-state index contributed by atoms with van der Waals surface area (Å²) in [6, 6.07) is 11.7. The van der Waals surface area contributed by atoms with E-state index in [2.05, 4.69) is 24.4 Å². The van der Waals surface area contributed by atoms with Crippen LogP contribution in [0.3, 0.4) is 0 Å². The Bertz CT molecular complexity index is 456. The highest BCUT2D eigenvalue weighted by Crippen LogP contribution is 2.12. The molecule has 0 aromatic heterocycles. The van der Waals surface area contributed by atoms with Crippen molar-refractivity contribution in [3.05, 3.63) is 41.6 Å². The molecule has 92 valence electrons. The minimum Gasteiger partial charge on any atom is -0.360 e. The first-order valence-corrected chi connectivity index (χ1v) is 6.16. The Hall–Kier alpha value is -2.26. The van der Waals surface area contributed by atoms with E-state index in [0.717, 1.165) is 12.1 Å². The lowest BCUT2D eigenvalue weighted by Gasteiger charge is -2.03. The monoisotopic (exact) mass is 239 g/mol. The highest BCUT2D eigenvalue weighted by molar-refractivity contribution is 5.50. The van der Waals surface area contributed by atoms with E-state index < -0.39 is 0 Å². The van der Waals surface area contributed by atoms with Gasteiger partial charge in [0.2, 0.25) is 0 Å². The molecule has 0 radical (unpaired) electrons. The van der Waals surface area contributed by atoms with E-state index in [1.54, 1.807) is 12.1 Å². The van der Waals surface area contributed by atoms with Crippen molar-refractivity contribution >= 4 is 5.69 Å². The molecule has 1 aromatic carbocycles. The Morgan fingerprint density at radius 2 is 1.83 bits per heavy atom. The number of nitriles is 2. The summed E-state index contributed by atoms with van der Waals surface area (Å²) >= 11 is 0. The van der Waals surface area contributed by atoms with Gasteiger partial charge in [0, 0.05) is 11.9 Å². The second kappa shape index (κ2) is 7.92. The summed E-state index contributed by atoms with van der Waals surface area (Å²) in [5.74, 6) is 0. The van der Waals surface area contributed by atoms with Crippen LogP contribution in [0.25, 0.3) is 0 Å². The normalized spacial score (nSPS) is 9.06. The largest absolute Gasteiger partial charge is 0.360 e. The van der Waals surface area contributed by atoms with Crippen molar-refractivity contribution in [1.29, 1.82) is 10.5 Å². The molecule has 0 atom stereocenters. The maximum absolute atomic E-state index is 8.59. The van der Waals surface area contributed by atoms with Crippen LogP contribution in [0.5, 0.6) is 0 Å². The molecular formula is C15H17N3. The van der Waals surface area contributed by atoms with E-state index in [1.165, 1.54) is 31.0 Å². The van der Waals surface area contributed by atoms with Crippen molar-refractivity contribution in [2.75, 3.05) is 5.32 Å². The predicted octanol–water partition coefficient (Wildman–Crippen LogP) is 3.76. The number of aryl methyl sites for hydroxylation is 1. The molecule has 1 aromatic rings. The maximum Gasteiger partial charge on any atom is 0.145 e. The van der Waals surface area contributed by atoms with Gasteiger partial charge in [0.05, 0.1) is 0 Å². The molecule has 0 saturated heterocycles. The molecule has 0 unspecified atom stereocenters. The summed E-state index contributed by atoms with van der Waals surface area (Å²) in [6.45, 7) is 2.20. The van der Waals surface area contributed by atoms with Crippen molar-refractivity contribution in [3.63, 3.8) is 0 Å². The third kappa shape index (κ3) is 4.72. The Morgan fingerprint density at radius 1 is 1.17 bits per heavy atom. The zero-order valence-corrected chi connectivity index (χ0v) is 10.6. The van der Waals surface area contributed by atoms with Crippen molar-refractivity contribution < 1.29 is 0 Å². The first-order valence-electron chi connectivity index (χ1n) is 6.16. The summed E-state index contributed by atoms with van der Waals surface area (Å²) in [5, 5.41) is 20.1. The van der Waals surface area contributed by atoms with Gasteiger partial charge in [-0.1, -0.05) is 31.9 Å². The number of unbranched alkanes of at least 4 members (excludes halogenated alkanes) is 2. The number of nitrogens with one attached hydrogen (secondary N) is 1. The first kappa shape index (κ1) is 13.8. The van der Waals surface area contributed by atoms with Crippen LogP contribution in [-0.4, -0.2) is 0 Å². The van der Waals surface area contributed by atoms with Gasteiger partial charge in [-0.3, -0.25) is 0 Å². The molecule has 1 N–H and O–H groups in total. The van der Waals surface area contributed by atoms with E-state index in [9.17, 15) is 0 Å². The van der Waals surface area contributed by atoms with E-state index in [-0.39, 0.29) is 5.57 Å². The van der Waals surface area contributed by atoms with Crippen LogP contribution in [0, 0.1) is 22.7 Å². The number of benzene rings is 1. The van der Waals surface area contributed by atoms with Gasteiger partial charge in [0.1, 0.15) is 17.7 Å². The van der Waals surface area contributed by atoms with Gasteiger partial charge in [-0.25, -0.2) is 0 Å². The molecule has 18 heavy (non-hydrogen) atoms. The second-order valence-electron chi connectivity index (χ2n) is 4.08. The van der Waals surface area contributed by atoms with Crippen LogP contribution >= 0.6 is 0 Å². The quantitative estimate of drug-likeness (QED) is 0.607. The van der Waals surface area contributed by atoms with Crippen molar-refractivity contribution in [3.8, 4) is 12.1 Å². The number of anilines is 1. The van der Waals surface area contributed by atoms with E-state index in [4.69, 9.17) is 10.5 Å². The number of nitrogens with zero attached hydrogens (tertiary/aromatic N) is 2. The summed E-state index contributed by atoms with van der Waals surface area (Å²) < 4.78 is 0. The Morgan fingerprint density at radius 3 is 2.39 bits per heavy atom. The smallest absolute Gasteiger partial charge is 0.145 e. The lowest BCUT2D eigenvalue weighted by molar-refractivity contribution is 0.717. The van der Waals surface area contributed by atoms with Crippen LogP contribution in [0.4, 0.5) is 5.69 Å². The minimum absolute atomic E-state index is 0.0713. The Kier molecular flexibility index (Phi) is 6.08. The molecule has 0 spiro atoms. The topological polar surface area (TPSA) is 59.6 Å². The first-order chi connectivity index (χ1) is 8.80. The summed E-state index contributed by atoms with van der Waals surface area (Å²) in [5.41, 5.74) is 2.28. The highest BCUT2D eigenvalue weighted by atomic mass is 14.8. The average Bonchev–Trinajstić information content (AvgIpc) is 2.42. The predicted molar refractivity (Wildman–Crippen MR) is 72.6 cm³/mol. The second-order valence-corrected chi connectivity index (χ2v) is 4.08.